The Labute approximate surface area is 175 Å². The number of hydrogen-bond acceptors (Lipinski definition) is 4. The minimum Gasteiger partial charge on any atom is -0.337 e. The average Bonchev–Trinajstić information content (AvgIpc) is 2.73. The van der Waals surface area contributed by atoms with Gasteiger partial charge in [0.1, 0.15) is 0 Å². The molecule has 1 amide bonds. The van der Waals surface area contributed by atoms with Crippen LogP contribution in [0, 0.1) is 0 Å². The molecule has 6 nitrogen and oxygen atoms in total. The highest BCUT2D eigenvalue weighted by Gasteiger charge is 2.29. The molecule has 1 aliphatic carbocycles. The summed E-state index contributed by atoms with van der Waals surface area (Å²) in [5.41, 5.74) is 0.547. The lowest BCUT2D eigenvalue weighted by Gasteiger charge is -2.32. The number of piperidine rings is 1. The van der Waals surface area contributed by atoms with E-state index in [1.165, 1.54) is 10.7 Å². The summed E-state index contributed by atoms with van der Waals surface area (Å²) in [7, 11) is 0.0741. The summed E-state index contributed by atoms with van der Waals surface area (Å²) in [4.78, 5) is 14.9. The predicted octanol–water partition coefficient (Wildman–Crippen LogP) is 2.89. The van der Waals surface area contributed by atoms with E-state index < -0.39 is 10.0 Å². The van der Waals surface area contributed by atoms with E-state index in [9.17, 15) is 13.2 Å². The minimum absolute atomic E-state index is 0. The summed E-state index contributed by atoms with van der Waals surface area (Å²) in [6.45, 7) is 1.45. The van der Waals surface area contributed by atoms with E-state index in [0.717, 1.165) is 45.1 Å². The number of sulfonamides is 1. The van der Waals surface area contributed by atoms with Crippen LogP contribution in [0.2, 0.25) is 0 Å². The Kier molecular flexibility index (Phi) is 8.30. The summed E-state index contributed by atoms with van der Waals surface area (Å²) >= 11 is 0. The fourth-order valence-corrected chi connectivity index (χ4v) is 5.57. The second kappa shape index (κ2) is 10.1. The largest absolute Gasteiger partial charge is 0.337 e. The van der Waals surface area contributed by atoms with Gasteiger partial charge in [-0.05, 0) is 57.0 Å². The number of carbonyl (C=O) groups is 1. The van der Waals surface area contributed by atoms with Crippen molar-refractivity contribution in [2.75, 3.05) is 27.2 Å². The van der Waals surface area contributed by atoms with Gasteiger partial charge in [-0.3, -0.25) is 4.79 Å². The number of nitrogens with zero attached hydrogens (tertiary/aromatic N) is 2. The molecule has 1 aromatic carbocycles. The normalized spacial score (nSPS) is 21.4. The van der Waals surface area contributed by atoms with Gasteiger partial charge in [0.05, 0.1) is 4.90 Å². The van der Waals surface area contributed by atoms with Crippen LogP contribution in [0.25, 0.3) is 0 Å². The number of carbonyl (C=O) groups excluding carboxylic acids is 1. The third-order valence-electron chi connectivity index (χ3n) is 5.98. The van der Waals surface area contributed by atoms with Gasteiger partial charge in [-0.15, -0.1) is 12.4 Å². The van der Waals surface area contributed by atoms with Crippen molar-refractivity contribution in [3.63, 3.8) is 0 Å². The highest BCUT2D eigenvalue weighted by Crippen LogP contribution is 2.26. The third kappa shape index (κ3) is 5.06. The van der Waals surface area contributed by atoms with Crippen LogP contribution in [0.4, 0.5) is 0 Å². The molecule has 0 bridgehead atoms. The summed E-state index contributed by atoms with van der Waals surface area (Å²) in [5.74, 6) is -0.0282. The van der Waals surface area contributed by atoms with Crippen LogP contribution in [0.3, 0.4) is 0 Å². The van der Waals surface area contributed by atoms with Gasteiger partial charge in [-0.2, -0.15) is 4.31 Å². The highest BCUT2D eigenvalue weighted by atomic mass is 35.5. The molecular weight excluding hydrogens is 398 g/mol. The van der Waals surface area contributed by atoms with E-state index in [4.69, 9.17) is 0 Å². The van der Waals surface area contributed by atoms with Crippen LogP contribution >= 0.6 is 12.4 Å². The molecular formula is C20H32ClN3O3S. The van der Waals surface area contributed by atoms with E-state index in [0.29, 0.717) is 18.2 Å². The van der Waals surface area contributed by atoms with E-state index in [1.54, 1.807) is 31.3 Å². The van der Waals surface area contributed by atoms with Crippen molar-refractivity contribution >= 4 is 28.3 Å². The van der Waals surface area contributed by atoms with Gasteiger partial charge in [-0.25, -0.2) is 8.42 Å². The van der Waals surface area contributed by atoms with Crippen LogP contribution < -0.4 is 5.32 Å². The van der Waals surface area contributed by atoms with E-state index in [2.05, 4.69) is 5.32 Å². The maximum absolute atomic E-state index is 12.9. The second-order valence-electron chi connectivity index (χ2n) is 7.72. The lowest BCUT2D eigenvalue weighted by Crippen LogP contribution is -2.46. The fourth-order valence-electron chi connectivity index (χ4n) is 4.16. The van der Waals surface area contributed by atoms with Gasteiger partial charge in [0.2, 0.25) is 10.0 Å². The van der Waals surface area contributed by atoms with Crippen LogP contribution in [0.5, 0.6) is 0 Å². The first-order valence-corrected chi connectivity index (χ1v) is 11.4. The van der Waals surface area contributed by atoms with Gasteiger partial charge in [0.15, 0.2) is 0 Å². The molecule has 1 saturated heterocycles. The SMILES string of the molecule is CNC1CCCN(C(=O)c2ccc(S(=O)(=O)N(C)C3CCCCC3)cc2)C1.Cl. The minimum atomic E-state index is -3.52. The van der Waals surface area contributed by atoms with Gasteiger partial charge in [0.25, 0.3) is 5.91 Å². The lowest BCUT2D eigenvalue weighted by molar-refractivity contribution is 0.0698. The molecule has 2 fully saturated rings. The molecule has 1 atom stereocenters. The van der Waals surface area contributed by atoms with Gasteiger partial charge in [-0.1, -0.05) is 19.3 Å². The van der Waals surface area contributed by atoms with Crippen molar-refractivity contribution < 1.29 is 13.2 Å². The van der Waals surface area contributed by atoms with E-state index >= 15 is 0 Å². The van der Waals surface area contributed by atoms with E-state index in [1.807, 2.05) is 11.9 Å². The Morgan fingerprint density at radius 1 is 1.07 bits per heavy atom. The Bertz CT molecular complexity index is 748. The molecule has 0 aromatic heterocycles. The van der Waals surface area contributed by atoms with Crippen LogP contribution in [0.15, 0.2) is 29.2 Å². The zero-order valence-electron chi connectivity index (χ0n) is 16.8. The Balaban J connectivity index is 0.00000280. The van der Waals surface area contributed by atoms with Crippen LogP contribution in [0.1, 0.15) is 55.3 Å². The summed E-state index contributed by atoms with van der Waals surface area (Å²) in [6, 6.07) is 6.84. The monoisotopic (exact) mass is 429 g/mol. The molecule has 1 saturated carbocycles. The molecule has 1 N–H and O–H groups in total. The number of halogens is 1. The zero-order valence-corrected chi connectivity index (χ0v) is 18.4. The maximum atomic E-state index is 12.9. The number of hydrogen-bond donors (Lipinski definition) is 1. The average molecular weight is 430 g/mol. The van der Waals surface area contributed by atoms with Crippen molar-refractivity contribution in [1.29, 1.82) is 0 Å². The summed E-state index contributed by atoms with van der Waals surface area (Å²) in [5, 5.41) is 3.23. The van der Waals surface area contributed by atoms with Gasteiger partial charge in [0, 0.05) is 37.8 Å². The third-order valence-corrected chi connectivity index (χ3v) is 7.91. The summed E-state index contributed by atoms with van der Waals surface area (Å²) in [6.07, 6.45) is 7.26. The quantitative estimate of drug-likeness (QED) is 0.781. The molecule has 1 unspecified atom stereocenters. The number of nitrogens with one attached hydrogen (secondary N) is 1. The molecule has 1 aliphatic heterocycles. The number of amides is 1. The number of likely N-dealkylation sites (tertiary alicyclic amines) is 1. The highest BCUT2D eigenvalue weighted by molar-refractivity contribution is 7.89. The first kappa shape index (κ1) is 23.1. The number of benzene rings is 1. The van der Waals surface area contributed by atoms with Gasteiger partial charge >= 0.3 is 0 Å². The van der Waals surface area contributed by atoms with Crippen molar-refractivity contribution in [3.8, 4) is 0 Å². The zero-order chi connectivity index (χ0) is 19.4. The maximum Gasteiger partial charge on any atom is 0.253 e. The predicted molar refractivity (Wildman–Crippen MR) is 113 cm³/mol. The smallest absolute Gasteiger partial charge is 0.253 e. The lowest BCUT2D eigenvalue weighted by atomic mass is 9.96. The van der Waals surface area contributed by atoms with Crippen LogP contribution in [-0.4, -0.2) is 62.8 Å². The molecule has 0 radical (unpaired) electrons. The second-order valence-corrected chi connectivity index (χ2v) is 9.71. The Hall–Kier alpha value is -1.15. The standard InChI is InChI=1S/C20H31N3O3S.ClH/c1-21-17-7-6-14-23(15-17)20(24)16-10-12-19(13-11-16)27(25,26)22(2)18-8-4-3-5-9-18;/h10-13,17-18,21H,3-9,14-15H2,1-2H3;1H. The number of rotatable bonds is 5. The Morgan fingerprint density at radius 2 is 1.71 bits per heavy atom. The first-order valence-electron chi connectivity index (χ1n) is 9.98. The molecule has 8 heteroatoms. The topological polar surface area (TPSA) is 69.7 Å². The van der Waals surface area contributed by atoms with Crippen molar-refractivity contribution in [1.82, 2.24) is 14.5 Å². The molecule has 3 rings (SSSR count). The molecule has 1 aromatic rings. The molecule has 158 valence electrons. The molecule has 2 aliphatic rings. The summed E-state index contributed by atoms with van der Waals surface area (Å²) < 4.78 is 27.4. The number of likely N-dealkylation sites (N-methyl/N-ethyl adjacent to an activating group) is 1. The van der Waals surface area contributed by atoms with Crippen LogP contribution in [-0.2, 0) is 10.0 Å². The van der Waals surface area contributed by atoms with Crippen molar-refractivity contribution in [2.24, 2.45) is 0 Å². The van der Waals surface area contributed by atoms with Crippen molar-refractivity contribution in [2.45, 2.75) is 61.9 Å². The molecule has 0 spiro atoms. The first-order chi connectivity index (χ1) is 12.9. The molecule has 28 heavy (non-hydrogen) atoms. The fraction of sp³-hybridized carbons (Fsp3) is 0.650. The van der Waals surface area contributed by atoms with Crippen molar-refractivity contribution in [3.05, 3.63) is 29.8 Å². The molecule has 1 heterocycles. The van der Waals surface area contributed by atoms with E-state index in [-0.39, 0.29) is 29.3 Å². The van der Waals surface area contributed by atoms with Gasteiger partial charge < -0.3 is 10.2 Å². The Morgan fingerprint density at radius 3 is 2.32 bits per heavy atom.